The molecule has 1 amide bonds. The lowest BCUT2D eigenvalue weighted by atomic mass is 9.73. The smallest absolute Gasteiger partial charge is 0.341 e. The summed E-state index contributed by atoms with van der Waals surface area (Å²) in [5, 5.41) is 30.2. The second-order valence-corrected chi connectivity index (χ2v) is 12.8. The van der Waals surface area contributed by atoms with Crippen LogP contribution in [0.5, 0.6) is 5.75 Å². The van der Waals surface area contributed by atoms with Gasteiger partial charge in [0.05, 0.1) is 19.1 Å². The molecule has 11 nitrogen and oxygen atoms in total. The fraction of sp³-hybridized carbons (Fsp3) is 0.394. The van der Waals surface area contributed by atoms with Crippen molar-refractivity contribution >= 4 is 46.5 Å². The van der Waals surface area contributed by atoms with Crippen LogP contribution in [0.25, 0.3) is 0 Å². The molecule has 1 saturated heterocycles. The Morgan fingerprint density at radius 1 is 1.15 bits per heavy atom. The summed E-state index contributed by atoms with van der Waals surface area (Å²) in [6, 6.07) is 14.6. The number of nitro benzene ring substituents is 1. The lowest BCUT2D eigenvalue weighted by molar-refractivity contribution is -0.385. The highest BCUT2D eigenvalue weighted by Crippen LogP contribution is 2.58. The fourth-order valence-corrected chi connectivity index (χ4v) is 7.69. The summed E-state index contributed by atoms with van der Waals surface area (Å²) >= 11 is 12.9. The van der Waals surface area contributed by atoms with Gasteiger partial charge in [0.25, 0.3) is 5.69 Å². The van der Waals surface area contributed by atoms with Crippen LogP contribution in [0.15, 0.2) is 54.6 Å². The number of aliphatic hydroxyl groups is 1. The van der Waals surface area contributed by atoms with Gasteiger partial charge in [-0.3, -0.25) is 19.8 Å². The maximum absolute atomic E-state index is 14.5. The topological polar surface area (TPSA) is 143 Å². The number of carbonyl (C=O) groups is 2. The SMILES string of the molecule is COC(=O)c1cc([N+](=O)[O-])c(CN[C@@H]2[C@H](CCO)N(CC3CC3)[C@@]3(C(=O)Nc4cc(Cl)ccc43)[C@H]2c2cccc(Cl)c2)cc1OC. The Labute approximate surface area is 275 Å². The summed E-state index contributed by atoms with van der Waals surface area (Å²) < 4.78 is 10.2. The average molecular weight is 670 g/mol. The molecule has 242 valence electrons. The number of likely N-dealkylation sites (tertiary alicyclic amines) is 1. The van der Waals surface area contributed by atoms with Crippen LogP contribution in [0.2, 0.25) is 10.0 Å². The number of esters is 1. The van der Waals surface area contributed by atoms with Crippen LogP contribution in [0.3, 0.4) is 0 Å². The number of benzene rings is 3. The minimum absolute atomic E-state index is 0.000228. The first-order chi connectivity index (χ1) is 22.1. The monoisotopic (exact) mass is 668 g/mol. The van der Waals surface area contributed by atoms with E-state index in [1.165, 1.54) is 20.3 Å². The van der Waals surface area contributed by atoms with Crippen molar-refractivity contribution < 1.29 is 29.1 Å². The van der Waals surface area contributed by atoms with Crippen molar-refractivity contribution in [2.75, 3.05) is 32.7 Å². The standard InChI is InChI=1S/C33H34Cl2N4O7/c1-45-28-13-20(27(39(43)44)15-23(28)31(41)46-2)16-36-30-26(10-11-40)38(17-18-6-7-18)33(29(30)19-4-3-5-21(34)12-19)24-9-8-22(35)14-25(24)37-32(33)42/h3-5,8-9,12-15,18,26,29-30,36,40H,6-7,10-11,16-17H2,1-2H3,(H,37,42)/t26-,29-,30+,33+/m0/s1. The van der Waals surface area contributed by atoms with Crippen LogP contribution in [-0.2, 0) is 21.6 Å². The highest BCUT2D eigenvalue weighted by atomic mass is 35.5. The highest BCUT2D eigenvalue weighted by molar-refractivity contribution is 6.31. The van der Waals surface area contributed by atoms with Gasteiger partial charge >= 0.3 is 5.97 Å². The molecule has 2 aliphatic heterocycles. The van der Waals surface area contributed by atoms with Crippen molar-refractivity contribution in [1.29, 1.82) is 0 Å². The molecule has 0 radical (unpaired) electrons. The van der Waals surface area contributed by atoms with Crippen molar-refractivity contribution in [1.82, 2.24) is 10.2 Å². The zero-order chi connectivity index (χ0) is 32.7. The molecule has 1 aliphatic carbocycles. The molecule has 4 atom stereocenters. The van der Waals surface area contributed by atoms with Crippen molar-refractivity contribution in [3.05, 3.63) is 97.0 Å². The number of nitrogens with one attached hydrogen (secondary N) is 2. The zero-order valence-corrected chi connectivity index (χ0v) is 26.8. The van der Waals surface area contributed by atoms with Gasteiger partial charge in [-0.15, -0.1) is 0 Å². The fourth-order valence-electron chi connectivity index (χ4n) is 7.32. The quantitative estimate of drug-likeness (QED) is 0.142. The molecule has 3 aromatic carbocycles. The molecule has 1 spiro atoms. The first kappa shape index (κ1) is 32.2. The van der Waals surface area contributed by atoms with Crippen LogP contribution >= 0.6 is 23.2 Å². The van der Waals surface area contributed by atoms with E-state index in [-0.39, 0.29) is 47.7 Å². The number of amides is 1. The number of hydrogen-bond acceptors (Lipinski definition) is 9. The van der Waals surface area contributed by atoms with Crippen LogP contribution in [-0.4, -0.2) is 66.3 Å². The van der Waals surface area contributed by atoms with Gasteiger partial charge in [0.1, 0.15) is 16.9 Å². The van der Waals surface area contributed by atoms with E-state index >= 15 is 0 Å². The molecule has 3 aliphatic rings. The number of aliphatic hydroxyl groups excluding tert-OH is 1. The van der Waals surface area contributed by atoms with Gasteiger partial charge in [-0.2, -0.15) is 0 Å². The molecule has 6 rings (SSSR count). The highest BCUT2D eigenvalue weighted by Gasteiger charge is 2.66. The number of fused-ring (bicyclic) bond motifs is 2. The Morgan fingerprint density at radius 3 is 2.57 bits per heavy atom. The Hall–Kier alpha value is -3.74. The molecule has 13 heteroatoms. The van der Waals surface area contributed by atoms with Crippen LogP contribution in [0.4, 0.5) is 11.4 Å². The Morgan fingerprint density at radius 2 is 1.91 bits per heavy atom. The average Bonchev–Trinajstić information content (AvgIpc) is 3.76. The first-order valence-electron chi connectivity index (χ1n) is 15.1. The van der Waals surface area contributed by atoms with E-state index in [0.29, 0.717) is 34.6 Å². The van der Waals surface area contributed by atoms with Crippen LogP contribution in [0.1, 0.15) is 52.2 Å². The maximum Gasteiger partial charge on any atom is 0.341 e. The number of nitrogens with zero attached hydrogens (tertiary/aromatic N) is 2. The van der Waals surface area contributed by atoms with Crippen molar-refractivity contribution in [3.8, 4) is 5.75 Å². The summed E-state index contributed by atoms with van der Waals surface area (Å²) in [7, 11) is 2.56. The maximum atomic E-state index is 14.5. The van der Waals surface area contributed by atoms with Gasteiger partial charge in [0.2, 0.25) is 5.91 Å². The molecule has 0 bridgehead atoms. The molecule has 46 heavy (non-hydrogen) atoms. The van der Waals surface area contributed by atoms with Crippen molar-refractivity contribution in [3.63, 3.8) is 0 Å². The third-order valence-corrected chi connectivity index (χ3v) is 9.85. The zero-order valence-electron chi connectivity index (χ0n) is 25.3. The van der Waals surface area contributed by atoms with Crippen molar-refractivity contribution in [2.24, 2.45) is 5.92 Å². The number of ether oxygens (including phenoxy) is 2. The predicted molar refractivity (Wildman–Crippen MR) is 172 cm³/mol. The summed E-state index contributed by atoms with van der Waals surface area (Å²) in [6.45, 7) is 0.483. The minimum Gasteiger partial charge on any atom is -0.496 e. The van der Waals surface area contributed by atoms with Crippen LogP contribution < -0.4 is 15.4 Å². The van der Waals surface area contributed by atoms with Gasteiger partial charge in [0.15, 0.2) is 0 Å². The van der Waals surface area contributed by atoms with E-state index in [0.717, 1.165) is 30.0 Å². The van der Waals surface area contributed by atoms with Crippen LogP contribution in [0, 0.1) is 16.0 Å². The number of nitro groups is 1. The van der Waals surface area contributed by atoms with E-state index in [1.807, 2.05) is 24.3 Å². The molecule has 2 fully saturated rings. The number of anilines is 1. The second-order valence-electron chi connectivity index (χ2n) is 12.0. The number of carbonyl (C=O) groups excluding carboxylic acids is 2. The Bertz CT molecular complexity index is 1700. The molecule has 1 saturated carbocycles. The van der Waals surface area contributed by atoms with E-state index in [9.17, 15) is 24.8 Å². The molecule has 2 heterocycles. The third kappa shape index (κ3) is 5.50. The van der Waals surface area contributed by atoms with Gasteiger partial charge in [-0.25, -0.2) is 4.79 Å². The summed E-state index contributed by atoms with van der Waals surface area (Å²) in [5.74, 6) is -0.983. The molecule has 3 aromatic rings. The first-order valence-corrected chi connectivity index (χ1v) is 15.8. The van der Waals surface area contributed by atoms with Gasteiger partial charge in [-0.1, -0.05) is 41.4 Å². The second kappa shape index (κ2) is 12.8. The van der Waals surface area contributed by atoms with Gasteiger partial charge < -0.3 is 25.2 Å². The number of methoxy groups -OCH3 is 2. The molecule has 0 unspecified atom stereocenters. The van der Waals surface area contributed by atoms with Gasteiger partial charge in [-0.05, 0) is 61.1 Å². The number of rotatable bonds is 11. The molecular weight excluding hydrogens is 635 g/mol. The summed E-state index contributed by atoms with van der Waals surface area (Å²) in [5.41, 5.74) is 0.930. The van der Waals surface area contributed by atoms with E-state index in [4.69, 9.17) is 32.7 Å². The normalized spacial score (nSPS) is 23.8. The molecule has 0 aromatic heterocycles. The largest absolute Gasteiger partial charge is 0.496 e. The number of halogens is 2. The summed E-state index contributed by atoms with van der Waals surface area (Å²) in [4.78, 5) is 40.8. The van der Waals surface area contributed by atoms with E-state index < -0.39 is 28.4 Å². The number of hydrogen-bond donors (Lipinski definition) is 3. The van der Waals surface area contributed by atoms with E-state index in [2.05, 4.69) is 15.5 Å². The minimum atomic E-state index is -1.19. The van der Waals surface area contributed by atoms with E-state index in [1.54, 1.807) is 18.2 Å². The summed E-state index contributed by atoms with van der Waals surface area (Å²) in [6.07, 6.45) is 2.41. The Kier molecular flexibility index (Phi) is 8.97. The molecular formula is C33H34Cl2N4O7. The predicted octanol–water partition coefficient (Wildman–Crippen LogP) is 5.26. The lowest BCUT2D eigenvalue weighted by Gasteiger charge is -2.39. The third-order valence-electron chi connectivity index (χ3n) is 9.38. The van der Waals surface area contributed by atoms with Crippen molar-refractivity contribution in [2.45, 2.75) is 49.3 Å². The molecule has 3 N–H and O–H groups in total. The lowest BCUT2D eigenvalue weighted by Crippen LogP contribution is -2.52. The Balaban J connectivity index is 1.52. The van der Waals surface area contributed by atoms with Gasteiger partial charge in [0, 0.05) is 70.6 Å².